The summed E-state index contributed by atoms with van der Waals surface area (Å²) in [4.78, 5) is 9.47. The van der Waals surface area contributed by atoms with E-state index in [0.717, 1.165) is 74.1 Å². The highest BCUT2D eigenvalue weighted by Crippen LogP contribution is 2.33. The molecule has 1 saturated heterocycles. The van der Waals surface area contributed by atoms with Crippen LogP contribution in [0.1, 0.15) is 69.9 Å². The lowest BCUT2D eigenvalue weighted by Gasteiger charge is -2.35. The van der Waals surface area contributed by atoms with Gasteiger partial charge in [0.2, 0.25) is 0 Å². The Balaban J connectivity index is 1.18. The second kappa shape index (κ2) is 12.7. The van der Waals surface area contributed by atoms with E-state index in [2.05, 4.69) is 27.8 Å². The van der Waals surface area contributed by atoms with Gasteiger partial charge in [0, 0.05) is 49.3 Å². The van der Waals surface area contributed by atoms with Gasteiger partial charge >= 0.3 is 0 Å². The molecule has 0 aromatic carbocycles. The predicted octanol–water partition coefficient (Wildman–Crippen LogP) is 5.52. The summed E-state index contributed by atoms with van der Waals surface area (Å²) < 4.78 is 5.45. The van der Waals surface area contributed by atoms with E-state index in [4.69, 9.17) is 21.3 Å². The Hall–Kier alpha value is -2.24. The molecule has 2 aliphatic carbocycles. The van der Waals surface area contributed by atoms with Crippen LogP contribution in [0.15, 0.2) is 30.5 Å². The van der Waals surface area contributed by atoms with Crippen molar-refractivity contribution in [3.05, 3.63) is 41.2 Å². The summed E-state index contributed by atoms with van der Waals surface area (Å²) in [6.45, 7) is 1.80. The van der Waals surface area contributed by atoms with Crippen molar-refractivity contribution in [2.45, 2.75) is 88.8 Å². The molecular weight excluding hydrogens is 498 g/mol. The Morgan fingerprint density at radius 2 is 1.89 bits per heavy atom. The summed E-state index contributed by atoms with van der Waals surface area (Å²) in [6.07, 6.45) is 13.0. The third kappa shape index (κ3) is 6.84. The topological polar surface area (TPSA) is 103 Å². The number of rotatable bonds is 8. The zero-order valence-corrected chi connectivity index (χ0v) is 22.9. The fourth-order valence-electron chi connectivity index (χ4n) is 6.26. The number of aliphatic hydroxyl groups excluding tert-OH is 1. The molecule has 8 heteroatoms. The summed E-state index contributed by atoms with van der Waals surface area (Å²) in [5.74, 6) is 1.35. The van der Waals surface area contributed by atoms with Crippen molar-refractivity contribution >= 4 is 17.4 Å². The number of nitrogens with zero attached hydrogens (tertiary/aromatic N) is 3. The van der Waals surface area contributed by atoms with Crippen LogP contribution in [0.3, 0.4) is 0 Å². The van der Waals surface area contributed by atoms with Crippen LogP contribution >= 0.6 is 11.6 Å². The quantitative estimate of drug-likeness (QED) is 0.407. The van der Waals surface area contributed by atoms with E-state index in [0.29, 0.717) is 36.7 Å². The maximum Gasteiger partial charge on any atom is 0.126 e. The first kappa shape index (κ1) is 27.3. The fourth-order valence-corrected chi connectivity index (χ4v) is 6.46. The molecule has 3 fully saturated rings. The molecule has 2 aromatic heterocycles. The Bertz CT molecular complexity index is 1110. The number of aromatic nitrogens is 2. The van der Waals surface area contributed by atoms with Crippen molar-refractivity contribution in [1.29, 1.82) is 5.26 Å². The van der Waals surface area contributed by atoms with Crippen molar-refractivity contribution in [1.82, 2.24) is 15.3 Å². The number of hydrogen-bond donors (Lipinski definition) is 3. The Kier molecular flexibility index (Phi) is 9.16. The molecule has 2 saturated carbocycles. The summed E-state index contributed by atoms with van der Waals surface area (Å²) in [5, 5.41) is 27.8. The third-order valence-corrected chi connectivity index (χ3v) is 9.06. The van der Waals surface area contributed by atoms with Crippen molar-refractivity contribution < 1.29 is 9.84 Å². The molecule has 1 aliphatic heterocycles. The van der Waals surface area contributed by atoms with E-state index in [1.54, 1.807) is 6.20 Å². The lowest BCUT2D eigenvalue weighted by atomic mass is 9.82. The first-order valence-electron chi connectivity index (χ1n) is 14.3. The Morgan fingerprint density at radius 3 is 2.66 bits per heavy atom. The van der Waals surface area contributed by atoms with Gasteiger partial charge in [0.15, 0.2) is 0 Å². The molecule has 204 valence electrons. The van der Waals surface area contributed by atoms with Crippen LogP contribution < -0.4 is 10.6 Å². The standard InChI is InChI=1S/C30H40ClN5O2/c31-25-18-33-23(16-21-8-10-22(11-9-21)35-27-4-1-2-6-28(27)37)17-24(25)26-5-3-7-29(36-26)34-20-30(19-32)12-14-38-15-13-30/h3,5,7,17-18,21-22,27-28,35,37H,1-2,4,6,8-16,20H2,(H,34,36)/t21?,22?,27-,28-/m1/s1. The molecule has 0 unspecified atom stereocenters. The number of aliphatic hydroxyl groups is 1. The van der Waals surface area contributed by atoms with Crippen LogP contribution in [0.4, 0.5) is 5.82 Å². The first-order chi connectivity index (χ1) is 18.5. The normalized spacial score (nSPS) is 27.4. The molecule has 0 radical (unpaired) electrons. The van der Waals surface area contributed by atoms with E-state index in [1.165, 1.54) is 19.3 Å². The van der Waals surface area contributed by atoms with Gasteiger partial charge in [-0.3, -0.25) is 4.98 Å². The average molecular weight is 538 g/mol. The van der Waals surface area contributed by atoms with Crippen LogP contribution in [0.25, 0.3) is 11.3 Å². The SMILES string of the molecule is N#CC1(CNc2cccc(-c3cc(CC4CCC(N[C@@H]5CCCC[C@H]5O)CC4)ncc3Cl)n2)CCOCC1. The fraction of sp³-hybridized carbons (Fsp3) is 0.633. The van der Waals surface area contributed by atoms with Crippen LogP contribution in [0.5, 0.6) is 0 Å². The van der Waals surface area contributed by atoms with Crippen molar-refractivity contribution in [2.75, 3.05) is 25.1 Å². The van der Waals surface area contributed by atoms with Gasteiger partial charge < -0.3 is 20.5 Å². The summed E-state index contributed by atoms with van der Waals surface area (Å²) in [5.41, 5.74) is 2.33. The van der Waals surface area contributed by atoms with Crippen LogP contribution in [0, 0.1) is 22.7 Å². The number of anilines is 1. The molecule has 2 aromatic rings. The summed E-state index contributed by atoms with van der Waals surface area (Å²) >= 11 is 6.58. The minimum atomic E-state index is -0.415. The molecule has 2 atom stereocenters. The maximum atomic E-state index is 10.3. The molecule has 3 N–H and O–H groups in total. The largest absolute Gasteiger partial charge is 0.392 e. The van der Waals surface area contributed by atoms with E-state index < -0.39 is 5.41 Å². The molecule has 3 heterocycles. The molecule has 3 aliphatic rings. The first-order valence-corrected chi connectivity index (χ1v) is 14.7. The number of ether oxygens (including phenoxy) is 1. The average Bonchev–Trinajstić information content (AvgIpc) is 2.96. The Labute approximate surface area is 231 Å². The van der Waals surface area contributed by atoms with Crippen molar-refractivity contribution in [3.8, 4) is 17.3 Å². The van der Waals surface area contributed by atoms with Crippen LogP contribution in [-0.4, -0.2) is 53.0 Å². The molecule has 0 bridgehead atoms. The lowest BCUT2D eigenvalue weighted by Crippen LogP contribution is -2.48. The molecular formula is C30H40ClN5O2. The summed E-state index contributed by atoms with van der Waals surface area (Å²) in [6, 6.07) is 11.3. The molecule has 7 nitrogen and oxygen atoms in total. The van der Waals surface area contributed by atoms with Crippen molar-refractivity contribution in [2.24, 2.45) is 11.3 Å². The van der Waals surface area contributed by atoms with E-state index in [-0.39, 0.29) is 12.1 Å². The van der Waals surface area contributed by atoms with E-state index in [9.17, 15) is 10.4 Å². The highest BCUT2D eigenvalue weighted by atomic mass is 35.5. The van der Waals surface area contributed by atoms with Gasteiger partial charge in [-0.25, -0.2) is 4.98 Å². The van der Waals surface area contributed by atoms with Gasteiger partial charge in [-0.2, -0.15) is 5.26 Å². The second-order valence-corrected chi connectivity index (χ2v) is 11.9. The zero-order valence-electron chi connectivity index (χ0n) is 22.2. The van der Waals surface area contributed by atoms with E-state index >= 15 is 0 Å². The highest BCUT2D eigenvalue weighted by molar-refractivity contribution is 6.33. The zero-order chi connectivity index (χ0) is 26.4. The van der Waals surface area contributed by atoms with Gasteiger partial charge in [-0.15, -0.1) is 0 Å². The number of hydrogen-bond acceptors (Lipinski definition) is 7. The van der Waals surface area contributed by atoms with Crippen LogP contribution in [0.2, 0.25) is 5.02 Å². The second-order valence-electron chi connectivity index (χ2n) is 11.5. The smallest absolute Gasteiger partial charge is 0.126 e. The molecule has 0 spiro atoms. The van der Waals surface area contributed by atoms with Crippen molar-refractivity contribution in [3.63, 3.8) is 0 Å². The monoisotopic (exact) mass is 537 g/mol. The number of nitriles is 1. The van der Waals surface area contributed by atoms with Gasteiger partial charge in [0.25, 0.3) is 0 Å². The van der Waals surface area contributed by atoms with Gasteiger partial charge in [-0.1, -0.05) is 30.5 Å². The molecule has 0 amide bonds. The number of halogens is 1. The minimum Gasteiger partial charge on any atom is -0.392 e. The third-order valence-electron chi connectivity index (χ3n) is 8.76. The minimum absolute atomic E-state index is 0.185. The Morgan fingerprint density at radius 1 is 1.11 bits per heavy atom. The lowest BCUT2D eigenvalue weighted by molar-refractivity contribution is 0.0455. The number of pyridine rings is 2. The van der Waals surface area contributed by atoms with Crippen LogP contribution in [-0.2, 0) is 11.2 Å². The maximum absolute atomic E-state index is 10.3. The predicted molar refractivity (Wildman–Crippen MR) is 150 cm³/mol. The van der Waals surface area contributed by atoms with Gasteiger partial charge in [0.1, 0.15) is 5.82 Å². The van der Waals surface area contributed by atoms with Gasteiger partial charge in [0.05, 0.1) is 28.3 Å². The summed E-state index contributed by atoms with van der Waals surface area (Å²) in [7, 11) is 0. The molecule has 38 heavy (non-hydrogen) atoms. The van der Waals surface area contributed by atoms with E-state index in [1.807, 2.05) is 18.2 Å². The number of nitrogens with one attached hydrogen (secondary N) is 2. The molecule has 5 rings (SSSR count). The highest BCUT2D eigenvalue weighted by Gasteiger charge is 2.33. The van der Waals surface area contributed by atoms with Gasteiger partial charge in [-0.05, 0) is 81.9 Å².